The zero-order chi connectivity index (χ0) is 35.5. The number of pyridine rings is 1. The summed E-state index contributed by atoms with van der Waals surface area (Å²) in [7, 11) is -17.0. The molecule has 41 heavy (non-hydrogen) atoms. The van der Waals surface area contributed by atoms with Gasteiger partial charge >= 0.3 is 6.18 Å². The summed E-state index contributed by atoms with van der Waals surface area (Å²) in [5.41, 5.74) is -6.74. The van der Waals surface area contributed by atoms with Gasteiger partial charge in [-0.3, -0.25) is 4.72 Å². The highest BCUT2D eigenvalue weighted by Gasteiger charge is 2.47. The van der Waals surface area contributed by atoms with Crippen molar-refractivity contribution in [1.29, 1.82) is 0 Å². The summed E-state index contributed by atoms with van der Waals surface area (Å²) in [5.74, 6) is -3.66. The van der Waals surface area contributed by atoms with Crippen molar-refractivity contribution in [1.82, 2.24) is 8.96 Å². The predicted octanol–water partition coefficient (Wildman–Crippen LogP) is 4.53. The van der Waals surface area contributed by atoms with Crippen LogP contribution in [0.25, 0.3) is 0 Å². The molecule has 2 aromatic heterocycles. The lowest BCUT2D eigenvalue weighted by molar-refractivity contribution is -0.143. The van der Waals surface area contributed by atoms with Crippen molar-refractivity contribution >= 4 is 25.7 Å². The number of fused-ring (bicyclic) bond motifs is 1. The van der Waals surface area contributed by atoms with E-state index in [9.17, 15) is 43.2 Å². The van der Waals surface area contributed by atoms with E-state index in [1.165, 1.54) is 12.1 Å². The Morgan fingerprint density at radius 3 is 2.41 bits per heavy atom. The first-order chi connectivity index (χ1) is 21.3. The van der Waals surface area contributed by atoms with Gasteiger partial charge in [0.15, 0.2) is 11.5 Å². The Morgan fingerprint density at radius 2 is 1.83 bits per heavy atom. The molecule has 224 valence electrons. The number of nitrogens with zero attached hydrogens (tertiary/aromatic N) is 2. The number of halogens is 6. The number of rotatable bonds is 8. The zero-order valence-electron chi connectivity index (χ0n) is 26.6. The van der Waals surface area contributed by atoms with Crippen LogP contribution >= 0.6 is 0 Å². The van der Waals surface area contributed by atoms with Crippen molar-refractivity contribution in [2.24, 2.45) is 0 Å². The largest absolute Gasteiger partial charge is 0.479 e. The molecule has 0 radical (unpaired) electrons. The van der Waals surface area contributed by atoms with Gasteiger partial charge in [-0.15, -0.1) is 0 Å². The Morgan fingerprint density at radius 1 is 1.15 bits per heavy atom. The minimum absolute atomic E-state index is 0.0626. The maximum atomic E-state index is 14.5. The van der Waals surface area contributed by atoms with Gasteiger partial charge in [0.25, 0.3) is 26.5 Å². The van der Waals surface area contributed by atoms with Crippen LogP contribution < -0.4 is 9.46 Å². The van der Waals surface area contributed by atoms with E-state index >= 15 is 0 Å². The molecule has 0 bridgehead atoms. The van der Waals surface area contributed by atoms with E-state index < -0.39 is 116 Å². The van der Waals surface area contributed by atoms with E-state index in [2.05, 4.69) is 9.72 Å². The fraction of sp³-hybridized carbons (Fsp3) is 0.375. The third-order valence-electron chi connectivity index (χ3n) is 6.43. The molecule has 1 aliphatic carbocycles. The van der Waals surface area contributed by atoms with E-state index in [4.69, 9.17) is 13.0 Å². The van der Waals surface area contributed by atoms with Gasteiger partial charge < -0.3 is 9.47 Å². The van der Waals surface area contributed by atoms with Gasteiger partial charge in [-0.05, 0) is 37.5 Å². The van der Waals surface area contributed by atoms with E-state index in [1.807, 2.05) is 0 Å². The molecule has 1 atom stereocenters. The highest BCUT2D eigenvalue weighted by molar-refractivity contribution is 7.93. The van der Waals surface area contributed by atoms with Crippen molar-refractivity contribution < 1.29 is 60.9 Å². The third kappa shape index (κ3) is 5.49. The van der Waals surface area contributed by atoms with Gasteiger partial charge in [-0.2, -0.15) is 13.2 Å². The number of methoxy groups -OCH3 is 2. The number of hydrogen-bond acceptors (Lipinski definition) is 7. The first-order valence-corrected chi connectivity index (χ1v) is 14.2. The van der Waals surface area contributed by atoms with Crippen molar-refractivity contribution in [2.75, 3.05) is 18.8 Å². The number of benzene rings is 1. The van der Waals surface area contributed by atoms with E-state index in [0.717, 1.165) is 12.1 Å². The molecular formula is C24H23F6N3O6S2. The monoisotopic (exact) mass is 633 g/mol. The molecule has 0 spiro atoms. The lowest BCUT2D eigenvalue weighted by atomic mass is 9.84. The summed E-state index contributed by atoms with van der Waals surface area (Å²) in [4.78, 5) is 1.40. The molecule has 0 saturated heterocycles. The molecule has 9 nitrogen and oxygen atoms in total. The van der Waals surface area contributed by atoms with Crippen molar-refractivity contribution in [3.05, 3.63) is 64.9 Å². The van der Waals surface area contributed by atoms with Gasteiger partial charge in [0.05, 0.1) is 20.2 Å². The van der Waals surface area contributed by atoms with Crippen LogP contribution in [-0.2, 0) is 43.8 Å². The normalized spacial score (nSPS) is 20.7. The molecule has 2 heterocycles. The topological polar surface area (TPSA) is 117 Å². The molecular weight excluding hydrogens is 604 g/mol. The summed E-state index contributed by atoms with van der Waals surface area (Å²) in [6, 6.07) is 4.94. The molecule has 0 unspecified atom stereocenters. The van der Waals surface area contributed by atoms with E-state index in [0.29, 0.717) is 15.7 Å². The molecule has 1 aromatic carbocycles. The maximum absolute atomic E-state index is 14.5. The highest BCUT2D eigenvalue weighted by atomic mass is 32.2. The van der Waals surface area contributed by atoms with Crippen LogP contribution in [-0.4, -0.2) is 51.9 Å². The third-order valence-corrected chi connectivity index (χ3v) is 9.56. The van der Waals surface area contributed by atoms with Crippen LogP contribution in [0.3, 0.4) is 0 Å². The minimum atomic E-state index is -5.47. The van der Waals surface area contributed by atoms with Crippen LogP contribution in [0.5, 0.6) is 5.88 Å². The number of ether oxygens (including phenoxy) is 2. The molecule has 0 aliphatic heterocycles. The number of aryl methyl sites for hydroxylation is 1. The van der Waals surface area contributed by atoms with Gasteiger partial charge in [-0.25, -0.2) is 39.0 Å². The Labute approximate surface area is 239 Å². The Balaban J connectivity index is 1.93. The summed E-state index contributed by atoms with van der Waals surface area (Å²) in [6.07, 6.45) is -11.2. The second-order valence-corrected chi connectivity index (χ2v) is 12.5. The summed E-state index contributed by atoms with van der Waals surface area (Å²) in [6.45, 7) is 1.62. The van der Waals surface area contributed by atoms with E-state index in [1.54, 1.807) is 11.6 Å². The number of hydrogen-bond donors (Lipinski definition) is 1. The number of alkyl halides is 5. The molecule has 0 amide bonds. The zero-order valence-corrected chi connectivity index (χ0v) is 22.2. The first kappa shape index (κ1) is 23.3. The Hall–Kier alpha value is -3.31. The maximum Gasteiger partial charge on any atom is 0.436 e. The summed E-state index contributed by atoms with van der Waals surface area (Å²) in [5, 5.41) is 0. The standard InChI is InChI=1S/C24H23F6N3O6S2/c1-13-4-6-14(7-5-13)41(36,37)33-12-19(15-8-9-23(39-3,22(26)27)11-18(15)33)40(34,35)32-17-10-16(25)20(24(28,29)30)31-21(17)38-2/h4-7,10,12,22,32H,8-9,11H2,1-3H3/t23-/m1/s1/i2D3,3D3. The van der Waals surface area contributed by atoms with E-state index in [-0.39, 0.29) is 6.07 Å². The van der Waals surface area contributed by atoms with Gasteiger partial charge in [0.1, 0.15) is 16.2 Å². The predicted molar refractivity (Wildman–Crippen MR) is 133 cm³/mol. The van der Waals surface area contributed by atoms with Crippen molar-refractivity contribution in [3.63, 3.8) is 0 Å². The number of nitrogens with one attached hydrogen (secondary N) is 1. The van der Waals surface area contributed by atoms with Crippen LogP contribution in [0.1, 0.15) is 37.2 Å². The first-order valence-electron chi connectivity index (χ1n) is 14.3. The Bertz CT molecular complexity index is 1900. The number of anilines is 1. The molecule has 0 saturated carbocycles. The highest BCUT2D eigenvalue weighted by Crippen LogP contribution is 2.41. The SMILES string of the molecule is [2H]C([2H])([2H])Oc1nc(C(F)(F)F)c(F)cc1NS(=O)(=O)c1cn(S(=O)(=O)c2ccc(C)cc2)c2c1CC[C@](OC([2H])([2H])[2H])(C(F)F)C2. The molecule has 17 heteroatoms. The smallest absolute Gasteiger partial charge is 0.436 e. The molecule has 4 rings (SSSR count). The van der Waals surface area contributed by atoms with Crippen LogP contribution in [0, 0.1) is 12.7 Å². The van der Waals surface area contributed by atoms with Gasteiger partial charge in [-0.1, -0.05) is 17.7 Å². The molecule has 0 fully saturated rings. The number of aromatic nitrogens is 2. The molecule has 3 aromatic rings. The van der Waals surface area contributed by atoms with Crippen molar-refractivity contribution in [3.8, 4) is 5.88 Å². The minimum Gasteiger partial charge on any atom is -0.479 e. The van der Waals surface area contributed by atoms with Crippen LogP contribution in [0.4, 0.5) is 32.0 Å². The Kier molecular flexibility index (Phi) is 5.96. The van der Waals surface area contributed by atoms with Crippen LogP contribution in [0.15, 0.2) is 46.3 Å². The number of sulfonamides is 1. The van der Waals surface area contributed by atoms with Crippen LogP contribution in [0.2, 0.25) is 0 Å². The average molecular weight is 634 g/mol. The average Bonchev–Trinajstić information content (AvgIpc) is 3.28. The lowest BCUT2D eigenvalue weighted by Gasteiger charge is -2.35. The molecule has 1 N–H and O–H groups in total. The lowest BCUT2D eigenvalue weighted by Crippen LogP contribution is -2.45. The fourth-order valence-electron chi connectivity index (χ4n) is 4.31. The summed E-state index contributed by atoms with van der Waals surface area (Å²) < 4.78 is 193. The second-order valence-electron chi connectivity index (χ2n) is 9.05. The van der Waals surface area contributed by atoms with Crippen molar-refractivity contribution in [2.45, 2.75) is 54.2 Å². The molecule has 1 aliphatic rings. The second kappa shape index (κ2) is 10.5. The summed E-state index contributed by atoms with van der Waals surface area (Å²) >= 11 is 0. The van der Waals surface area contributed by atoms with Gasteiger partial charge in [0, 0.05) is 31.4 Å². The van der Waals surface area contributed by atoms with Gasteiger partial charge in [0.2, 0.25) is 5.88 Å². The quantitative estimate of drug-likeness (QED) is 0.363. The fourth-order valence-corrected chi connectivity index (χ4v) is 7.12.